The average Bonchev–Trinajstić information content (AvgIpc) is 2.51. The first kappa shape index (κ1) is 25.2. The van der Waals surface area contributed by atoms with Gasteiger partial charge in [-0.25, -0.2) is 0 Å². The molecule has 0 nitrogen and oxygen atoms in total. The molecular weight excluding hydrogens is 288 g/mol. The van der Waals surface area contributed by atoms with Crippen molar-refractivity contribution in [3.8, 4) is 0 Å². The molecule has 1 aromatic carbocycles. The zero-order valence-corrected chi connectivity index (χ0v) is 18.6. The summed E-state index contributed by atoms with van der Waals surface area (Å²) < 4.78 is 0. The van der Waals surface area contributed by atoms with Crippen LogP contribution in [-0.4, -0.2) is 0 Å². The van der Waals surface area contributed by atoms with Crippen LogP contribution in [0.1, 0.15) is 105 Å². The van der Waals surface area contributed by atoms with E-state index in [1.54, 1.807) is 0 Å². The van der Waals surface area contributed by atoms with Gasteiger partial charge in [0.2, 0.25) is 0 Å². The number of hydrogen-bond acceptors (Lipinski definition) is 0. The first-order valence-electron chi connectivity index (χ1n) is 9.86. The van der Waals surface area contributed by atoms with Crippen molar-refractivity contribution >= 4 is 5.57 Å². The van der Waals surface area contributed by atoms with Gasteiger partial charge >= 0.3 is 0 Å². The molecule has 0 aliphatic carbocycles. The quantitative estimate of drug-likeness (QED) is 0.505. The highest BCUT2D eigenvalue weighted by Crippen LogP contribution is 2.27. The molecule has 0 fully saturated rings. The number of aryl methyl sites for hydroxylation is 2. The van der Waals surface area contributed by atoms with Crippen LogP contribution in [0.2, 0.25) is 0 Å². The van der Waals surface area contributed by atoms with E-state index in [4.69, 9.17) is 0 Å². The molecule has 0 saturated heterocycles. The van der Waals surface area contributed by atoms with Crippen molar-refractivity contribution in [2.45, 2.75) is 102 Å². The minimum atomic E-state index is 0.601. The van der Waals surface area contributed by atoms with Crippen LogP contribution in [0.15, 0.2) is 23.8 Å². The van der Waals surface area contributed by atoms with Gasteiger partial charge in [0.25, 0.3) is 0 Å². The van der Waals surface area contributed by atoms with Gasteiger partial charge in [0.05, 0.1) is 0 Å². The van der Waals surface area contributed by atoms with Crippen LogP contribution in [0.4, 0.5) is 0 Å². The lowest BCUT2D eigenvalue weighted by Gasteiger charge is -2.22. The Labute approximate surface area is 153 Å². The van der Waals surface area contributed by atoms with E-state index < -0.39 is 0 Å². The third kappa shape index (κ3) is 10.7. The minimum absolute atomic E-state index is 0.601. The summed E-state index contributed by atoms with van der Waals surface area (Å²) in [5.74, 6) is 0. The molecule has 0 unspecified atom stereocenters. The molecule has 0 saturated carbocycles. The van der Waals surface area contributed by atoms with E-state index in [0.717, 1.165) is 0 Å². The topological polar surface area (TPSA) is 0 Å². The van der Waals surface area contributed by atoms with Crippen LogP contribution in [0.25, 0.3) is 5.57 Å². The van der Waals surface area contributed by atoms with Gasteiger partial charge in [0.15, 0.2) is 0 Å². The number of rotatable bonds is 5. The van der Waals surface area contributed by atoms with Crippen molar-refractivity contribution in [2.24, 2.45) is 5.41 Å². The third-order valence-electron chi connectivity index (χ3n) is 4.40. The normalized spacial score (nSPS) is 10.1. The summed E-state index contributed by atoms with van der Waals surface area (Å²) >= 11 is 0. The van der Waals surface area contributed by atoms with E-state index in [9.17, 15) is 0 Å². The Morgan fingerprint density at radius 3 is 1.71 bits per heavy atom. The van der Waals surface area contributed by atoms with Gasteiger partial charge in [-0.05, 0) is 69.6 Å². The summed E-state index contributed by atoms with van der Waals surface area (Å²) in [6, 6.07) is 6.62. The second-order valence-corrected chi connectivity index (χ2v) is 7.61. The summed E-state index contributed by atoms with van der Waals surface area (Å²) in [5, 5.41) is 0. The zero-order valence-electron chi connectivity index (χ0n) is 18.6. The van der Waals surface area contributed by atoms with Gasteiger partial charge in [-0.2, -0.15) is 0 Å². The van der Waals surface area contributed by atoms with Gasteiger partial charge in [0.1, 0.15) is 0 Å². The van der Waals surface area contributed by atoms with Crippen molar-refractivity contribution in [3.63, 3.8) is 0 Å². The molecule has 0 aliphatic heterocycles. The van der Waals surface area contributed by atoms with E-state index in [-0.39, 0.29) is 0 Å². The zero-order chi connectivity index (χ0) is 19.3. The molecule has 0 aromatic heterocycles. The molecule has 0 atom stereocenters. The van der Waals surface area contributed by atoms with Crippen LogP contribution < -0.4 is 0 Å². The van der Waals surface area contributed by atoms with Gasteiger partial charge in [0, 0.05) is 0 Å². The predicted molar refractivity (Wildman–Crippen MR) is 115 cm³/mol. The highest BCUT2D eigenvalue weighted by atomic mass is 14.2. The van der Waals surface area contributed by atoms with E-state index >= 15 is 0 Å². The molecule has 0 bridgehead atoms. The van der Waals surface area contributed by atoms with E-state index in [0.29, 0.717) is 5.41 Å². The molecule has 24 heavy (non-hydrogen) atoms. The maximum absolute atomic E-state index is 2.36. The number of hydrogen-bond donors (Lipinski definition) is 0. The summed E-state index contributed by atoms with van der Waals surface area (Å²) in [6.45, 7) is 24.1. The summed E-state index contributed by atoms with van der Waals surface area (Å²) in [6.07, 6.45) is 5.40. The highest BCUT2D eigenvalue weighted by molar-refractivity contribution is 5.69. The Kier molecular flexibility index (Phi) is 13.9. The Morgan fingerprint density at radius 1 is 0.875 bits per heavy atom. The molecule has 0 heteroatoms. The van der Waals surface area contributed by atoms with Gasteiger partial charge in [-0.3, -0.25) is 0 Å². The maximum atomic E-state index is 2.36. The van der Waals surface area contributed by atoms with Crippen molar-refractivity contribution < 1.29 is 0 Å². The number of allylic oxidation sites excluding steroid dienone is 2. The van der Waals surface area contributed by atoms with E-state index in [1.807, 2.05) is 13.8 Å². The molecule has 0 amide bonds. The summed E-state index contributed by atoms with van der Waals surface area (Å²) in [4.78, 5) is 0. The SMILES string of the molecule is CC.CC(C)=C(C)c1cc(C)ccc1C.CCCC(C)(C)CCC. The van der Waals surface area contributed by atoms with Crippen LogP contribution in [0.3, 0.4) is 0 Å². The van der Waals surface area contributed by atoms with Gasteiger partial charge < -0.3 is 0 Å². The van der Waals surface area contributed by atoms with E-state index in [2.05, 4.69) is 80.5 Å². The second-order valence-electron chi connectivity index (χ2n) is 7.61. The Balaban J connectivity index is 0. The first-order valence-corrected chi connectivity index (χ1v) is 9.86. The van der Waals surface area contributed by atoms with Crippen LogP contribution in [0.5, 0.6) is 0 Å². The van der Waals surface area contributed by atoms with Crippen molar-refractivity contribution in [1.82, 2.24) is 0 Å². The van der Waals surface area contributed by atoms with Crippen LogP contribution in [-0.2, 0) is 0 Å². The molecular formula is C24H44. The molecule has 1 aromatic rings. The Hall–Kier alpha value is -1.04. The fourth-order valence-corrected chi connectivity index (χ4v) is 2.89. The maximum Gasteiger partial charge on any atom is -0.0196 e. The largest absolute Gasteiger partial charge is 0.0729 e. The predicted octanol–water partition coefficient (Wildman–Crippen LogP) is 8.76. The lowest BCUT2D eigenvalue weighted by molar-refractivity contribution is 0.301. The van der Waals surface area contributed by atoms with Crippen LogP contribution >= 0.6 is 0 Å². The molecule has 0 aliphatic rings. The second kappa shape index (κ2) is 13.3. The Bertz CT molecular complexity index is 463. The molecule has 1 rings (SSSR count). The molecule has 0 spiro atoms. The molecule has 0 N–H and O–H groups in total. The van der Waals surface area contributed by atoms with Gasteiger partial charge in [-0.15, -0.1) is 0 Å². The lowest BCUT2D eigenvalue weighted by atomic mass is 9.84. The monoisotopic (exact) mass is 332 g/mol. The fourth-order valence-electron chi connectivity index (χ4n) is 2.89. The minimum Gasteiger partial charge on any atom is -0.0729 e. The van der Waals surface area contributed by atoms with Crippen molar-refractivity contribution in [1.29, 1.82) is 0 Å². The summed E-state index contributed by atoms with van der Waals surface area (Å²) in [5.41, 5.74) is 7.49. The lowest BCUT2D eigenvalue weighted by Crippen LogP contribution is -2.09. The van der Waals surface area contributed by atoms with Crippen molar-refractivity contribution in [3.05, 3.63) is 40.5 Å². The van der Waals surface area contributed by atoms with Gasteiger partial charge in [-0.1, -0.05) is 83.7 Å². The number of benzene rings is 1. The average molecular weight is 333 g/mol. The Morgan fingerprint density at radius 2 is 1.33 bits per heavy atom. The standard InChI is InChI=1S/C13H18.C9H20.C2H6/c1-9(2)12(5)13-8-10(3)6-7-11(13)4;1-5-7-9(3,4)8-6-2;1-2/h6-8H,1-5H3;5-8H2,1-4H3;1-2H3. The smallest absolute Gasteiger partial charge is 0.0196 e. The fraction of sp³-hybridized carbons (Fsp3) is 0.667. The van der Waals surface area contributed by atoms with Crippen LogP contribution in [0, 0.1) is 19.3 Å². The highest BCUT2D eigenvalue weighted by Gasteiger charge is 2.13. The first-order chi connectivity index (χ1) is 11.1. The molecule has 140 valence electrons. The van der Waals surface area contributed by atoms with Crippen molar-refractivity contribution in [2.75, 3.05) is 0 Å². The van der Waals surface area contributed by atoms with E-state index in [1.165, 1.54) is 53.5 Å². The molecule has 0 radical (unpaired) electrons. The summed E-state index contributed by atoms with van der Waals surface area (Å²) in [7, 11) is 0. The third-order valence-corrected chi connectivity index (χ3v) is 4.40. The molecule has 0 heterocycles.